The first-order valence-corrected chi connectivity index (χ1v) is 10.1. The first-order valence-electron chi connectivity index (χ1n) is 10.1. The van der Waals surface area contributed by atoms with Gasteiger partial charge < -0.3 is 18.9 Å². The lowest BCUT2D eigenvalue weighted by atomic mass is 10.0. The molecule has 160 valence electrons. The molecule has 2 aliphatic rings. The predicted octanol–water partition coefficient (Wildman–Crippen LogP) is 5.60. The molecule has 0 aromatic heterocycles. The number of epoxide rings is 1. The summed E-state index contributed by atoms with van der Waals surface area (Å²) in [4.78, 5) is 9.18. The van der Waals surface area contributed by atoms with Crippen LogP contribution in [0.1, 0.15) is 86.5 Å². The summed E-state index contributed by atoms with van der Waals surface area (Å²) in [5, 5.41) is 0. The van der Waals surface area contributed by atoms with Crippen LogP contribution in [0.4, 0.5) is 0 Å². The molecule has 1 aliphatic heterocycles. The zero-order valence-electron chi connectivity index (χ0n) is 18.7. The van der Waals surface area contributed by atoms with E-state index < -0.39 is 0 Å². The van der Waals surface area contributed by atoms with E-state index in [0.717, 1.165) is 12.5 Å². The lowest BCUT2D eigenvalue weighted by Gasteiger charge is -2.05. The number of carbonyl (C=O) groups is 1. The highest BCUT2D eigenvalue weighted by Crippen LogP contribution is 2.15. The van der Waals surface area contributed by atoms with Gasteiger partial charge in [0.2, 0.25) is 0 Å². The van der Waals surface area contributed by atoms with E-state index in [1.165, 1.54) is 44.9 Å². The molecule has 5 heteroatoms. The first-order chi connectivity index (χ1) is 12.4. The molecule has 1 saturated heterocycles. The molecule has 1 saturated carbocycles. The van der Waals surface area contributed by atoms with Crippen molar-refractivity contribution in [2.24, 2.45) is 5.92 Å². The molecule has 26 heavy (non-hydrogen) atoms. The van der Waals surface area contributed by atoms with Crippen LogP contribution in [0.15, 0.2) is 0 Å². The molecule has 5 nitrogen and oxygen atoms in total. The Morgan fingerprint density at radius 3 is 1.31 bits per heavy atom. The fourth-order valence-electron chi connectivity index (χ4n) is 1.32. The summed E-state index contributed by atoms with van der Waals surface area (Å²) < 4.78 is 18.2. The Hall–Kier alpha value is -0.650. The predicted molar refractivity (Wildman–Crippen MR) is 109 cm³/mol. The topological polar surface area (TPSA) is 57.3 Å². The maximum Gasteiger partial charge on any atom is 0.293 e. The van der Waals surface area contributed by atoms with Crippen LogP contribution in [0, 0.1) is 5.92 Å². The van der Waals surface area contributed by atoms with E-state index >= 15 is 0 Å². The van der Waals surface area contributed by atoms with Crippen LogP contribution in [-0.4, -0.2) is 46.3 Å². The zero-order chi connectivity index (χ0) is 20.6. The number of hydrogen-bond acceptors (Lipinski definition) is 5. The van der Waals surface area contributed by atoms with Gasteiger partial charge in [0.15, 0.2) is 6.29 Å². The Balaban J connectivity index is -0.000000256. The van der Waals surface area contributed by atoms with Gasteiger partial charge in [0.05, 0.1) is 19.3 Å². The van der Waals surface area contributed by atoms with E-state index in [9.17, 15) is 4.79 Å². The monoisotopic (exact) mass is 378 g/mol. The van der Waals surface area contributed by atoms with Crippen molar-refractivity contribution in [1.29, 1.82) is 0 Å². The van der Waals surface area contributed by atoms with Gasteiger partial charge in [0.1, 0.15) is 0 Å². The second kappa shape index (κ2) is 26.6. The summed E-state index contributed by atoms with van der Waals surface area (Å²) in [6.07, 6.45) is 10.8. The van der Waals surface area contributed by atoms with Crippen molar-refractivity contribution in [2.45, 2.75) is 98.9 Å². The molecule has 0 bridgehead atoms. The van der Waals surface area contributed by atoms with E-state index in [-0.39, 0.29) is 6.29 Å². The highest BCUT2D eigenvalue weighted by molar-refractivity contribution is 5.36. The van der Waals surface area contributed by atoms with Gasteiger partial charge in [-0.2, -0.15) is 0 Å². The van der Waals surface area contributed by atoms with Crippen LogP contribution in [0.25, 0.3) is 0 Å². The Bertz CT molecular complexity index is 223. The highest BCUT2D eigenvalue weighted by atomic mass is 16.7. The SMILES string of the molecule is C1CCCCC1.CC1CO1.CCC(C)C.CCOC=O.COC(C)OC. The van der Waals surface area contributed by atoms with E-state index in [0.29, 0.717) is 19.2 Å². The van der Waals surface area contributed by atoms with Crippen molar-refractivity contribution < 1.29 is 23.7 Å². The summed E-state index contributed by atoms with van der Waals surface area (Å²) in [5.74, 6) is 0.884. The number of carbonyl (C=O) groups excluding carboxylic acids is 1. The molecule has 0 spiro atoms. The summed E-state index contributed by atoms with van der Waals surface area (Å²) >= 11 is 0. The molecule has 2 fully saturated rings. The van der Waals surface area contributed by atoms with Gasteiger partial charge in [-0.25, -0.2) is 0 Å². The van der Waals surface area contributed by atoms with Crippen LogP contribution in [-0.2, 0) is 23.7 Å². The highest BCUT2D eigenvalue weighted by Gasteiger charge is 2.13. The minimum absolute atomic E-state index is 0.0648. The lowest BCUT2D eigenvalue weighted by Crippen LogP contribution is -2.05. The van der Waals surface area contributed by atoms with Gasteiger partial charge in [0.25, 0.3) is 6.47 Å². The van der Waals surface area contributed by atoms with Gasteiger partial charge in [-0.3, -0.25) is 4.79 Å². The third-order valence-electron chi connectivity index (χ3n) is 3.72. The first kappa shape index (κ1) is 30.1. The van der Waals surface area contributed by atoms with Crippen LogP contribution >= 0.6 is 0 Å². The van der Waals surface area contributed by atoms with Crippen LogP contribution in [0.3, 0.4) is 0 Å². The van der Waals surface area contributed by atoms with Crippen molar-refractivity contribution >= 4 is 6.47 Å². The van der Waals surface area contributed by atoms with Crippen molar-refractivity contribution in [3.05, 3.63) is 0 Å². The van der Waals surface area contributed by atoms with E-state index in [1.807, 2.05) is 6.92 Å². The van der Waals surface area contributed by atoms with E-state index in [4.69, 9.17) is 4.74 Å². The number of ether oxygens (including phenoxy) is 4. The van der Waals surface area contributed by atoms with Gasteiger partial charge in [-0.05, 0) is 26.7 Å². The number of rotatable bonds is 5. The minimum atomic E-state index is -0.0648. The van der Waals surface area contributed by atoms with Crippen molar-refractivity contribution in [2.75, 3.05) is 27.4 Å². The molecule has 0 amide bonds. The third kappa shape index (κ3) is 43.6. The average Bonchev–Trinajstić information content (AvgIpc) is 3.47. The van der Waals surface area contributed by atoms with Crippen molar-refractivity contribution in [3.63, 3.8) is 0 Å². The largest absolute Gasteiger partial charge is 0.468 e. The molecule has 1 heterocycles. The fraction of sp³-hybridized carbons (Fsp3) is 0.952. The molecule has 2 rings (SSSR count). The van der Waals surface area contributed by atoms with Crippen molar-refractivity contribution in [3.8, 4) is 0 Å². The lowest BCUT2D eigenvalue weighted by molar-refractivity contribution is -0.128. The molecule has 0 aromatic carbocycles. The second-order valence-corrected chi connectivity index (χ2v) is 6.66. The molecule has 0 N–H and O–H groups in total. The molecular weight excluding hydrogens is 332 g/mol. The Morgan fingerprint density at radius 1 is 0.962 bits per heavy atom. The Kier molecular flexibility index (Phi) is 30.8. The zero-order valence-corrected chi connectivity index (χ0v) is 18.7. The van der Waals surface area contributed by atoms with E-state index in [1.54, 1.807) is 21.1 Å². The summed E-state index contributed by atoms with van der Waals surface area (Å²) in [5.41, 5.74) is 0. The Morgan fingerprint density at radius 2 is 1.27 bits per heavy atom. The third-order valence-corrected chi connectivity index (χ3v) is 3.72. The van der Waals surface area contributed by atoms with E-state index in [2.05, 4.69) is 41.9 Å². The molecule has 0 radical (unpaired) electrons. The van der Waals surface area contributed by atoms with Crippen molar-refractivity contribution in [1.82, 2.24) is 0 Å². The van der Waals surface area contributed by atoms with Crippen LogP contribution in [0.5, 0.6) is 0 Å². The van der Waals surface area contributed by atoms with Gasteiger partial charge in [-0.15, -0.1) is 0 Å². The Labute approximate surface area is 163 Å². The fourth-order valence-corrected chi connectivity index (χ4v) is 1.32. The molecule has 0 aromatic rings. The van der Waals surface area contributed by atoms with Crippen LogP contribution in [0.2, 0.25) is 0 Å². The maximum atomic E-state index is 9.18. The normalized spacial score (nSPS) is 17.1. The van der Waals surface area contributed by atoms with Gasteiger partial charge in [-0.1, -0.05) is 65.7 Å². The second-order valence-electron chi connectivity index (χ2n) is 6.66. The molecule has 1 atom stereocenters. The summed E-state index contributed by atoms with van der Waals surface area (Å²) in [6, 6.07) is 0. The summed E-state index contributed by atoms with van der Waals surface area (Å²) in [6.45, 7) is 14.2. The average molecular weight is 379 g/mol. The maximum absolute atomic E-state index is 9.18. The molecule has 1 unspecified atom stereocenters. The number of methoxy groups -OCH3 is 2. The summed E-state index contributed by atoms with van der Waals surface area (Å²) in [7, 11) is 3.21. The van der Waals surface area contributed by atoms with Crippen LogP contribution < -0.4 is 0 Å². The van der Waals surface area contributed by atoms with Gasteiger partial charge in [0, 0.05) is 14.2 Å². The minimum Gasteiger partial charge on any atom is -0.468 e. The molecular formula is C21H46O5. The smallest absolute Gasteiger partial charge is 0.293 e. The quantitative estimate of drug-likeness (QED) is 0.354. The number of hydrogen-bond donors (Lipinski definition) is 0. The molecule has 1 aliphatic carbocycles. The standard InChI is InChI=1S/C6H12.C5H12.C4H10O2.C3H6O2.C3H6O/c1-2-4-6-5-3-1;1-4-5(2)3;1-4(5-2)6-3;1-2-5-3-4;1-3-2-4-3/h1-6H2;5H,4H2,1-3H3;4H,1-3H3;3H,2H2,1H3;3H,2H2,1H3. The van der Waals surface area contributed by atoms with Gasteiger partial charge >= 0.3 is 0 Å².